The van der Waals surface area contributed by atoms with Crippen LogP contribution in [0.25, 0.3) is 0 Å². The average Bonchev–Trinajstić information content (AvgIpc) is 2.81. The van der Waals surface area contributed by atoms with Gasteiger partial charge in [-0.05, 0) is 18.6 Å². The van der Waals surface area contributed by atoms with Gasteiger partial charge in [-0.25, -0.2) is 14.5 Å². The summed E-state index contributed by atoms with van der Waals surface area (Å²) < 4.78 is 9.88. The molecule has 112 valence electrons. The van der Waals surface area contributed by atoms with Crippen molar-refractivity contribution in [2.75, 3.05) is 6.61 Å². The van der Waals surface area contributed by atoms with Crippen molar-refractivity contribution < 1.29 is 24.0 Å². The Labute approximate surface area is 120 Å². The number of rotatable bonds is 4. The molecule has 1 fully saturated rings. The van der Waals surface area contributed by atoms with E-state index in [1.165, 1.54) is 24.3 Å². The minimum atomic E-state index is -0.843. The topological polar surface area (TPSA) is 99.0 Å². The third-order valence-corrected chi connectivity index (χ3v) is 3.03. The van der Waals surface area contributed by atoms with Crippen LogP contribution in [-0.4, -0.2) is 34.7 Å². The predicted molar refractivity (Wildman–Crippen MR) is 71.0 cm³/mol. The van der Waals surface area contributed by atoms with E-state index in [2.05, 4.69) is 0 Å². The monoisotopic (exact) mass is 294 g/mol. The number of imide groups is 1. The van der Waals surface area contributed by atoms with E-state index in [4.69, 9.17) is 9.47 Å². The molecule has 2 amide bonds. The average molecular weight is 294 g/mol. The van der Waals surface area contributed by atoms with Gasteiger partial charge in [-0.2, -0.15) is 0 Å². The molecule has 1 atom stereocenters. The van der Waals surface area contributed by atoms with Gasteiger partial charge in [0, 0.05) is 12.1 Å². The number of nitrogens with zero attached hydrogens (tertiary/aromatic N) is 2. The van der Waals surface area contributed by atoms with Crippen molar-refractivity contribution in [3.63, 3.8) is 0 Å². The number of hydrogen-bond acceptors (Lipinski definition) is 6. The zero-order valence-electron chi connectivity index (χ0n) is 11.4. The molecule has 1 aromatic rings. The van der Waals surface area contributed by atoms with Gasteiger partial charge in [-0.1, -0.05) is 13.3 Å². The molecule has 0 bridgehead atoms. The number of benzene rings is 1. The van der Waals surface area contributed by atoms with E-state index in [9.17, 15) is 19.7 Å². The van der Waals surface area contributed by atoms with Crippen LogP contribution in [0.4, 0.5) is 15.3 Å². The highest BCUT2D eigenvalue weighted by Crippen LogP contribution is 2.21. The third kappa shape index (κ3) is 3.28. The fourth-order valence-electron chi connectivity index (χ4n) is 2.02. The summed E-state index contributed by atoms with van der Waals surface area (Å²) in [7, 11) is 0. The fraction of sp³-hybridized carbons (Fsp3) is 0.385. The van der Waals surface area contributed by atoms with Crippen molar-refractivity contribution >= 4 is 17.9 Å². The third-order valence-electron chi connectivity index (χ3n) is 3.03. The Morgan fingerprint density at radius 2 is 2.14 bits per heavy atom. The molecule has 8 heteroatoms. The first-order valence-corrected chi connectivity index (χ1v) is 6.45. The van der Waals surface area contributed by atoms with Gasteiger partial charge >= 0.3 is 12.2 Å². The van der Waals surface area contributed by atoms with Crippen LogP contribution in [-0.2, 0) is 4.74 Å². The number of carbonyl (C=O) groups excluding carboxylic acids is 2. The van der Waals surface area contributed by atoms with Crippen molar-refractivity contribution in [1.29, 1.82) is 0 Å². The lowest BCUT2D eigenvalue weighted by Gasteiger charge is -2.18. The molecule has 0 saturated carbocycles. The lowest BCUT2D eigenvalue weighted by atomic mass is 10.2. The summed E-state index contributed by atoms with van der Waals surface area (Å²) in [5.41, 5.74) is -0.112. The minimum Gasteiger partial charge on any atom is -0.447 e. The first kappa shape index (κ1) is 14.8. The molecule has 1 aromatic carbocycles. The standard InChI is InChI=1S/C13H14N2O6/c1-2-3-10-8-20-12(16)14(10)13(17)21-11-6-4-9(5-7-11)15(18)19/h4-7,10H,2-3,8H2,1H3. The van der Waals surface area contributed by atoms with Gasteiger partial charge in [0.25, 0.3) is 5.69 Å². The van der Waals surface area contributed by atoms with Crippen LogP contribution in [0.2, 0.25) is 0 Å². The van der Waals surface area contributed by atoms with Crippen LogP contribution < -0.4 is 4.74 Å². The number of amides is 2. The van der Waals surface area contributed by atoms with Gasteiger partial charge in [-0.3, -0.25) is 10.1 Å². The Balaban J connectivity index is 2.06. The predicted octanol–water partition coefficient (Wildman–Crippen LogP) is 2.71. The normalized spacial score (nSPS) is 17.5. The van der Waals surface area contributed by atoms with E-state index in [-0.39, 0.29) is 24.1 Å². The molecule has 2 rings (SSSR count). The second-order valence-electron chi connectivity index (χ2n) is 4.51. The van der Waals surface area contributed by atoms with E-state index in [0.29, 0.717) is 6.42 Å². The molecule has 0 radical (unpaired) electrons. The Hall–Kier alpha value is -2.64. The SMILES string of the molecule is CCCC1COC(=O)N1C(=O)Oc1ccc([N+](=O)[O-])cc1. The smallest absolute Gasteiger partial charge is 0.425 e. The van der Waals surface area contributed by atoms with E-state index in [1.54, 1.807) is 0 Å². The second kappa shape index (κ2) is 6.21. The van der Waals surface area contributed by atoms with Crippen LogP contribution in [0, 0.1) is 10.1 Å². The van der Waals surface area contributed by atoms with E-state index < -0.39 is 17.1 Å². The highest BCUT2D eigenvalue weighted by molar-refractivity contribution is 5.90. The molecule has 0 spiro atoms. The van der Waals surface area contributed by atoms with E-state index in [0.717, 1.165) is 11.3 Å². The summed E-state index contributed by atoms with van der Waals surface area (Å²) in [6, 6.07) is 4.69. The Morgan fingerprint density at radius 1 is 1.48 bits per heavy atom. The molecule has 8 nitrogen and oxygen atoms in total. The Morgan fingerprint density at radius 3 is 2.71 bits per heavy atom. The molecule has 1 aliphatic rings. The van der Waals surface area contributed by atoms with E-state index in [1.807, 2.05) is 6.92 Å². The molecule has 0 aromatic heterocycles. The second-order valence-corrected chi connectivity index (χ2v) is 4.51. The maximum absolute atomic E-state index is 12.0. The summed E-state index contributed by atoms with van der Waals surface area (Å²) in [5.74, 6) is 0.126. The highest BCUT2D eigenvalue weighted by Gasteiger charge is 2.38. The molecule has 0 N–H and O–H groups in total. The van der Waals surface area contributed by atoms with Crippen LogP contribution in [0.15, 0.2) is 24.3 Å². The number of non-ortho nitro benzene ring substituents is 1. The Bertz CT molecular complexity index is 556. The molecule has 1 unspecified atom stereocenters. The summed E-state index contributed by atoms with van der Waals surface area (Å²) in [5, 5.41) is 10.5. The van der Waals surface area contributed by atoms with Gasteiger partial charge in [-0.15, -0.1) is 0 Å². The molecular formula is C13H14N2O6. The van der Waals surface area contributed by atoms with Crippen LogP contribution in [0.5, 0.6) is 5.75 Å². The molecular weight excluding hydrogens is 280 g/mol. The van der Waals surface area contributed by atoms with Crippen molar-refractivity contribution in [2.24, 2.45) is 0 Å². The first-order valence-electron chi connectivity index (χ1n) is 6.45. The molecule has 1 heterocycles. The number of nitro benzene ring substituents is 1. The molecule has 1 saturated heterocycles. The quantitative estimate of drug-likeness (QED) is 0.625. The van der Waals surface area contributed by atoms with Crippen LogP contribution in [0.3, 0.4) is 0 Å². The zero-order chi connectivity index (χ0) is 15.4. The van der Waals surface area contributed by atoms with E-state index >= 15 is 0 Å². The fourth-order valence-corrected chi connectivity index (χ4v) is 2.02. The van der Waals surface area contributed by atoms with Gasteiger partial charge in [0.1, 0.15) is 12.4 Å². The van der Waals surface area contributed by atoms with Crippen LogP contribution in [0.1, 0.15) is 19.8 Å². The van der Waals surface area contributed by atoms with Gasteiger partial charge in [0.15, 0.2) is 0 Å². The summed E-state index contributed by atoms with van der Waals surface area (Å²) in [6.45, 7) is 2.09. The number of ether oxygens (including phenoxy) is 2. The number of nitro groups is 1. The number of hydrogen-bond donors (Lipinski definition) is 0. The summed E-state index contributed by atoms with van der Waals surface area (Å²) in [6.07, 6.45) is -0.158. The Kier molecular flexibility index (Phi) is 4.36. The molecule has 0 aliphatic carbocycles. The lowest BCUT2D eigenvalue weighted by molar-refractivity contribution is -0.384. The van der Waals surface area contributed by atoms with Gasteiger partial charge < -0.3 is 9.47 Å². The van der Waals surface area contributed by atoms with Crippen molar-refractivity contribution in [1.82, 2.24) is 4.90 Å². The maximum Gasteiger partial charge on any atom is 0.425 e. The maximum atomic E-state index is 12.0. The summed E-state index contributed by atoms with van der Waals surface area (Å²) in [4.78, 5) is 34.5. The largest absolute Gasteiger partial charge is 0.447 e. The lowest BCUT2D eigenvalue weighted by Crippen LogP contribution is -2.40. The van der Waals surface area contributed by atoms with Crippen molar-refractivity contribution in [3.8, 4) is 5.75 Å². The number of carbonyl (C=O) groups is 2. The number of cyclic esters (lactones) is 1. The molecule has 1 aliphatic heterocycles. The minimum absolute atomic E-state index is 0.112. The van der Waals surface area contributed by atoms with Crippen molar-refractivity contribution in [3.05, 3.63) is 34.4 Å². The summed E-state index contributed by atoms with van der Waals surface area (Å²) >= 11 is 0. The van der Waals surface area contributed by atoms with Crippen molar-refractivity contribution in [2.45, 2.75) is 25.8 Å². The van der Waals surface area contributed by atoms with Gasteiger partial charge in [0.05, 0.1) is 11.0 Å². The van der Waals surface area contributed by atoms with Crippen LogP contribution >= 0.6 is 0 Å². The first-order chi connectivity index (χ1) is 10.0. The molecule has 21 heavy (non-hydrogen) atoms. The van der Waals surface area contributed by atoms with Gasteiger partial charge in [0.2, 0.25) is 0 Å². The highest BCUT2D eigenvalue weighted by atomic mass is 16.6. The zero-order valence-corrected chi connectivity index (χ0v) is 11.4.